The summed E-state index contributed by atoms with van der Waals surface area (Å²) in [5.74, 6) is -0.383. The van der Waals surface area contributed by atoms with Gasteiger partial charge in [-0.2, -0.15) is 0 Å². The zero-order chi connectivity index (χ0) is 13.9. The van der Waals surface area contributed by atoms with Crippen LogP contribution in [0.25, 0.3) is 0 Å². The van der Waals surface area contributed by atoms with E-state index in [4.69, 9.17) is 5.73 Å². The highest BCUT2D eigenvalue weighted by Crippen LogP contribution is 2.24. The summed E-state index contributed by atoms with van der Waals surface area (Å²) in [5, 5.41) is 10.1. The van der Waals surface area contributed by atoms with E-state index in [0.717, 1.165) is 17.7 Å². The van der Waals surface area contributed by atoms with E-state index in [1.807, 2.05) is 32.8 Å². The van der Waals surface area contributed by atoms with Crippen LogP contribution in [0, 0.1) is 19.7 Å². The molecule has 0 aliphatic heterocycles. The number of aliphatic hydroxyl groups excluding tert-OH is 1. The van der Waals surface area contributed by atoms with Gasteiger partial charge in [0.05, 0.1) is 6.10 Å². The first kappa shape index (κ1) is 15.1. The third kappa shape index (κ3) is 3.77. The normalized spacial score (nSPS) is 14.9. The van der Waals surface area contributed by atoms with Crippen LogP contribution in [0.1, 0.15) is 29.2 Å². The lowest BCUT2D eigenvalue weighted by Gasteiger charge is -2.22. The number of nitrogens with two attached hydrogens (primary N) is 1. The molecular formula is C14H23FN2O. The predicted molar refractivity (Wildman–Crippen MR) is 72.0 cm³/mol. The van der Waals surface area contributed by atoms with E-state index in [1.54, 1.807) is 6.07 Å². The molecule has 1 aromatic carbocycles. The van der Waals surface area contributed by atoms with E-state index >= 15 is 0 Å². The molecule has 0 heterocycles. The maximum absolute atomic E-state index is 13.8. The van der Waals surface area contributed by atoms with Gasteiger partial charge in [0.25, 0.3) is 0 Å². The highest BCUT2D eigenvalue weighted by atomic mass is 19.1. The number of hydrogen-bond donors (Lipinski definition) is 2. The molecule has 18 heavy (non-hydrogen) atoms. The van der Waals surface area contributed by atoms with E-state index in [1.165, 1.54) is 6.07 Å². The van der Waals surface area contributed by atoms with Crippen LogP contribution in [0.15, 0.2) is 12.1 Å². The number of aliphatic hydroxyl groups is 1. The lowest BCUT2D eigenvalue weighted by Crippen LogP contribution is -2.32. The van der Waals surface area contributed by atoms with Gasteiger partial charge in [0.2, 0.25) is 0 Å². The summed E-state index contributed by atoms with van der Waals surface area (Å²) in [6, 6.07) is 2.68. The summed E-state index contributed by atoms with van der Waals surface area (Å²) in [6.45, 7) is 4.52. The van der Waals surface area contributed by atoms with Gasteiger partial charge in [-0.3, -0.25) is 0 Å². The van der Waals surface area contributed by atoms with Crippen LogP contribution < -0.4 is 5.73 Å². The van der Waals surface area contributed by atoms with Crippen molar-refractivity contribution in [1.29, 1.82) is 0 Å². The molecule has 0 saturated carbocycles. The molecule has 0 fully saturated rings. The summed E-state index contributed by atoms with van der Waals surface area (Å²) in [5.41, 5.74) is 8.05. The molecule has 0 aliphatic carbocycles. The quantitative estimate of drug-likeness (QED) is 0.841. The Morgan fingerprint density at radius 2 is 1.83 bits per heavy atom. The standard InChI is InChI=1S/C14H23FN2O/c1-9-7-11(12(15)8-10(9)2)14(18)13(16)5-6-17(3)4/h7-8,13-14,18H,5-6,16H2,1-4H3. The van der Waals surface area contributed by atoms with Gasteiger partial charge in [-0.1, -0.05) is 6.07 Å². The average Bonchev–Trinajstić information content (AvgIpc) is 2.29. The molecule has 3 nitrogen and oxygen atoms in total. The Morgan fingerprint density at radius 3 is 2.39 bits per heavy atom. The van der Waals surface area contributed by atoms with Crippen LogP contribution >= 0.6 is 0 Å². The van der Waals surface area contributed by atoms with Crippen LogP contribution in [0.4, 0.5) is 4.39 Å². The van der Waals surface area contributed by atoms with Crippen molar-refractivity contribution in [3.63, 3.8) is 0 Å². The third-order valence-electron chi connectivity index (χ3n) is 3.25. The number of rotatable bonds is 5. The fourth-order valence-corrected chi connectivity index (χ4v) is 1.83. The first-order chi connectivity index (χ1) is 8.32. The molecule has 0 bridgehead atoms. The number of benzene rings is 1. The second-order valence-electron chi connectivity index (χ2n) is 5.16. The van der Waals surface area contributed by atoms with Crippen LogP contribution in [-0.4, -0.2) is 36.7 Å². The zero-order valence-electron chi connectivity index (χ0n) is 11.6. The summed E-state index contributed by atoms with van der Waals surface area (Å²) in [7, 11) is 3.88. The molecule has 0 saturated heterocycles. The smallest absolute Gasteiger partial charge is 0.129 e. The molecule has 1 aromatic rings. The van der Waals surface area contributed by atoms with Crippen LogP contribution in [0.5, 0.6) is 0 Å². The van der Waals surface area contributed by atoms with E-state index < -0.39 is 12.1 Å². The fraction of sp³-hybridized carbons (Fsp3) is 0.571. The number of nitrogens with zero attached hydrogens (tertiary/aromatic N) is 1. The Labute approximate surface area is 108 Å². The first-order valence-electron chi connectivity index (χ1n) is 6.18. The van der Waals surface area contributed by atoms with Crippen LogP contribution in [-0.2, 0) is 0 Å². The number of halogens is 1. The minimum Gasteiger partial charge on any atom is -0.387 e. The molecule has 0 spiro atoms. The Bertz CT molecular complexity index is 407. The molecule has 102 valence electrons. The number of aryl methyl sites for hydroxylation is 2. The highest BCUT2D eigenvalue weighted by molar-refractivity contribution is 5.33. The topological polar surface area (TPSA) is 49.5 Å². The van der Waals surface area contributed by atoms with Gasteiger partial charge in [0, 0.05) is 11.6 Å². The SMILES string of the molecule is Cc1cc(F)c(C(O)C(N)CCN(C)C)cc1C. The lowest BCUT2D eigenvalue weighted by molar-refractivity contribution is 0.133. The predicted octanol–water partition coefficient (Wildman–Crippen LogP) is 1.75. The van der Waals surface area contributed by atoms with Crippen molar-refractivity contribution < 1.29 is 9.50 Å². The Hall–Kier alpha value is -0.970. The van der Waals surface area contributed by atoms with Gasteiger partial charge < -0.3 is 15.7 Å². The molecule has 0 amide bonds. The van der Waals surface area contributed by atoms with Crippen molar-refractivity contribution in [2.45, 2.75) is 32.4 Å². The van der Waals surface area contributed by atoms with Crippen LogP contribution in [0.2, 0.25) is 0 Å². The summed E-state index contributed by atoms with van der Waals surface area (Å²) >= 11 is 0. The van der Waals surface area contributed by atoms with Crippen molar-refractivity contribution in [2.24, 2.45) is 5.73 Å². The maximum Gasteiger partial charge on any atom is 0.129 e. The molecule has 2 atom stereocenters. The lowest BCUT2D eigenvalue weighted by atomic mass is 9.96. The Morgan fingerprint density at radius 1 is 1.28 bits per heavy atom. The maximum atomic E-state index is 13.8. The van der Waals surface area contributed by atoms with E-state index in [2.05, 4.69) is 0 Å². The second-order valence-corrected chi connectivity index (χ2v) is 5.16. The third-order valence-corrected chi connectivity index (χ3v) is 3.25. The summed E-state index contributed by atoms with van der Waals surface area (Å²) in [4.78, 5) is 1.99. The van der Waals surface area contributed by atoms with Crippen molar-refractivity contribution in [3.05, 3.63) is 34.6 Å². The molecular weight excluding hydrogens is 231 g/mol. The Kier molecular flexibility index (Phi) is 5.26. The number of hydrogen-bond acceptors (Lipinski definition) is 3. The molecule has 2 unspecified atom stereocenters. The zero-order valence-corrected chi connectivity index (χ0v) is 11.6. The highest BCUT2D eigenvalue weighted by Gasteiger charge is 2.21. The van der Waals surface area contributed by atoms with Crippen molar-refractivity contribution in [3.8, 4) is 0 Å². The second kappa shape index (κ2) is 6.27. The fourth-order valence-electron chi connectivity index (χ4n) is 1.83. The van der Waals surface area contributed by atoms with E-state index in [-0.39, 0.29) is 5.82 Å². The molecule has 0 aliphatic rings. The van der Waals surface area contributed by atoms with Crippen molar-refractivity contribution in [2.75, 3.05) is 20.6 Å². The first-order valence-corrected chi connectivity index (χ1v) is 6.18. The molecule has 0 radical (unpaired) electrons. The van der Waals surface area contributed by atoms with Gasteiger partial charge in [0.15, 0.2) is 0 Å². The van der Waals surface area contributed by atoms with E-state index in [9.17, 15) is 9.50 Å². The average molecular weight is 254 g/mol. The minimum absolute atomic E-state index is 0.296. The largest absolute Gasteiger partial charge is 0.387 e. The molecule has 1 rings (SSSR count). The van der Waals surface area contributed by atoms with Gasteiger partial charge in [-0.05, 0) is 58.1 Å². The van der Waals surface area contributed by atoms with Gasteiger partial charge in [0.1, 0.15) is 5.82 Å². The summed E-state index contributed by atoms with van der Waals surface area (Å²) < 4.78 is 13.8. The van der Waals surface area contributed by atoms with Crippen LogP contribution in [0.3, 0.4) is 0 Å². The van der Waals surface area contributed by atoms with Crippen molar-refractivity contribution >= 4 is 0 Å². The monoisotopic (exact) mass is 254 g/mol. The van der Waals surface area contributed by atoms with Gasteiger partial charge in [-0.25, -0.2) is 4.39 Å². The minimum atomic E-state index is -0.954. The molecule has 4 heteroatoms. The molecule has 0 aromatic heterocycles. The molecule has 3 N–H and O–H groups in total. The van der Waals surface area contributed by atoms with Gasteiger partial charge in [-0.15, -0.1) is 0 Å². The van der Waals surface area contributed by atoms with E-state index in [0.29, 0.717) is 12.0 Å². The van der Waals surface area contributed by atoms with Gasteiger partial charge >= 0.3 is 0 Å². The Balaban J connectivity index is 2.83. The summed E-state index contributed by atoms with van der Waals surface area (Å²) in [6.07, 6.45) is -0.329. The van der Waals surface area contributed by atoms with Crippen molar-refractivity contribution in [1.82, 2.24) is 4.90 Å².